The van der Waals surface area contributed by atoms with Crippen molar-refractivity contribution in [3.05, 3.63) is 46.2 Å². The van der Waals surface area contributed by atoms with Crippen molar-refractivity contribution in [2.24, 2.45) is 0 Å². The smallest absolute Gasteiger partial charge is 0.161 e. The molecule has 0 spiro atoms. The molecule has 0 aliphatic heterocycles. The topological polar surface area (TPSA) is 38.7 Å². The molecule has 0 aliphatic rings. The Morgan fingerprint density at radius 1 is 1.28 bits per heavy atom. The first kappa shape index (κ1) is 12.9. The minimum Gasteiger partial charge on any atom is -0.493 e. The summed E-state index contributed by atoms with van der Waals surface area (Å²) in [5.74, 6) is 1.33. The van der Waals surface area contributed by atoms with E-state index >= 15 is 0 Å². The number of hydrogen-bond acceptors (Lipinski definition) is 4. The number of benzene rings is 1. The Morgan fingerprint density at radius 3 is 2.72 bits per heavy atom. The number of aliphatic hydroxyl groups excluding tert-OH is 1. The maximum Gasteiger partial charge on any atom is 0.161 e. The summed E-state index contributed by atoms with van der Waals surface area (Å²) in [5, 5.41) is 11.5. The predicted molar refractivity (Wildman–Crippen MR) is 72.3 cm³/mol. The molecule has 1 N–H and O–H groups in total. The van der Waals surface area contributed by atoms with Gasteiger partial charge in [-0.05, 0) is 36.1 Å². The lowest BCUT2D eigenvalue weighted by molar-refractivity contribution is 0.198. The molecule has 1 atom stereocenters. The molecular formula is C14H16O3S. The molecule has 0 fully saturated rings. The molecular weight excluding hydrogens is 248 g/mol. The Kier molecular flexibility index (Phi) is 4.23. The van der Waals surface area contributed by atoms with Crippen molar-refractivity contribution < 1.29 is 14.6 Å². The van der Waals surface area contributed by atoms with Gasteiger partial charge in [0.1, 0.15) is 6.61 Å². The Hall–Kier alpha value is -1.52. The summed E-state index contributed by atoms with van der Waals surface area (Å²) in [4.78, 5) is 1.16. The molecule has 0 saturated heterocycles. The predicted octanol–water partition coefficient (Wildman–Crippen LogP) is 3.39. The number of hydrogen-bond donors (Lipinski definition) is 1. The summed E-state index contributed by atoms with van der Waals surface area (Å²) >= 11 is 1.66. The second kappa shape index (κ2) is 5.89. The van der Waals surface area contributed by atoms with E-state index in [0.29, 0.717) is 18.1 Å². The van der Waals surface area contributed by atoms with Gasteiger partial charge in [0, 0.05) is 4.88 Å². The Morgan fingerprint density at radius 2 is 2.11 bits per heavy atom. The van der Waals surface area contributed by atoms with Crippen molar-refractivity contribution in [2.75, 3.05) is 7.11 Å². The first-order chi connectivity index (χ1) is 8.70. The Bertz CT molecular complexity index is 492. The van der Waals surface area contributed by atoms with Crippen molar-refractivity contribution in [3.63, 3.8) is 0 Å². The summed E-state index contributed by atoms with van der Waals surface area (Å²) in [6, 6.07) is 9.50. The van der Waals surface area contributed by atoms with Crippen molar-refractivity contribution in [3.8, 4) is 11.5 Å². The molecule has 2 rings (SSSR count). The van der Waals surface area contributed by atoms with Crippen LogP contribution in [-0.4, -0.2) is 12.2 Å². The molecule has 0 unspecified atom stereocenters. The standard InChI is InChI=1S/C14H16O3S/c1-10(15)11-5-6-13(14(8-11)16-2)17-9-12-4-3-7-18-12/h3-8,10,15H,9H2,1-2H3/t10-/m0/s1. The lowest BCUT2D eigenvalue weighted by Gasteiger charge is -2.12. The summed E-state index contributed by atoms with van der Waals surface area (Å²) < 4.78 is 11.0. The zero-order valence-electron chi connectivity index (χ0n) is 10.4. The fourth-order valence-corrected chi connectivity index (χ4v) is 2.22. The minimum absolute atomic E-state index is 0.509. The van der Waals surface area contributed by atoms with Gasteiger partial charge in [-0.1, -0.05) is 12.1 Å². The first-order valence-electron chi connectivity index (χ1n) is 5.72. The number of rotatable bonds is 5. The first-order valence-corrected chi connectivity index (χ1v) is 6.60. The van der Waals surface area contributed by atoms with Gasteiger partial charge in [0.05, 0.1) is 13.2 Å². The average Bonchev–Trinajstić information content (AvgIpc) is 2.89. The van der Waals surface area contributed by atoms with Crippen LogP contribution in [0.5, 0.6) is 11.5 Å². The maximum atomic E-state index is 9.52. The van der Waals surface area contributed by atoms with E-state index in [4.69, 9.17) is 9.47 Å². The summed E-state index contributed by atoms with van der Waals surface area (Å²) in [7, 11) is 1.60. The third kappa shape index (κ3) is 3.03. The van der Waals surface area contributed by atoms with Crippen LogP contribution >= 0.6 is 11.3 Å². The zero-order valence-corrected chi connectivity index (χ0v) is 11.2. The summed E-state index contributed by atoms with van der Waals surface area (Å²) in [6.45, 7) is 2.25. The van der Waals surface area contributed by atoms with Crippen LogP contribution in [0.3, 0.4) is 0 Å². The number of thiophene rings is 1. The molecule has 1 heterocycles. The van der Waals surface area contributed by atoms with Crippen LogP contribution in [-0.2, 0) is 6.61 Å². The average molecular weight is 264 g/mol. The second-order valence-corrected chi connectivity index (χ2v) is 4.99. The van der Waals surface area contributed by atoms with E-state index in [1.807, 2.05) is 29.6 Å². The second-order valence-electron chi connectivity index (χ2n) is 3.95. The van der Waals surface area contributed by atoms with Gasteiger partial charge in [0.15, 0.2) is 11.5 Å². The molecule has 0 bridgehead atoms. The number of methoxy groups -OCH3 is 1. The van der Waals surface area contributed by atoms with E-state index in [-0.39, 0.29) is 0 Å². The highest BCUT2D eigenvalue weighted by atomic mass is 32.1. The van der Waals surface area contributed by atoms with Crippen molar-refractivity contribution in [2.45, 2.75) is 19.6 Å². The van der Waals surface area contributed by atoms with Crippen molar-refractivity contribution >= 4 is 11.3 Å². The molecule has 0 saturated carbocycles. The summed E-state index contributed by atoms with van der Waals surface area (Å²) in [5.41, 5.74) is 0.815. The highest BCUT2D eigenvalue weighted by molar-refractivity contribution is 7.09. The molecule has 4 heteroatoms. The van der Waals surface area contributed by atoms with Crippen molar-refractivity contribution in [1.82, 2.24) is 0 Å². The van der Waals surface area contributed by atoms with Crippen LogP contribution in [0, 0.1) is 0 Å². The number of aliphatic hydroxyl groups is 1. The Balaban J connectivity index is 2.12. The molecule has 0 radical (unpaired) electrons. The highest BCUT2D eigenvalue weighted by Gasteiger charge is 2.09. The monoisotopic (exact) mass is 264 g/mol. The molecule has 0 aliphatic carbocycles. The van der Waals surface area contributed by atoms with E-state index in [0.717, 1.165) is 10.4 Å². The quantitative estimate of drug-likeness (QED) is 0.899. The van der Waals surface area contributed by atoms with Gasteiger partial charge < -0.3 is 14.6 Å². The molecule has 1 aromatic heterocycles. The lowest BCUT2D eigenvalue weighted by Crippen LogP contribution is -1.98. The van der Waals surface area contributed by atoms with Gasteiger partial charge in [-0.25, -0.2) is 0 Å². The van der Waals surface area contributed by atoms with Crippen LogP contribution in [0.4, 0.5) is 0 Å². The van der Waals surface area contributed by atoms with E-state index in [1.54, 1.807) is 31.4 Å². The summed E-state index contributed by atoms with van der Waals surface area (Å²) in [6.07, 6.45) is -0.509. The van der Waals surface area contributed by atoms with Gasteiger partial charge in [0.2, 0.25) is 0 Å². The molecule has 2 aromatic rings. The normalized spacial score (nSPS) is 12.2. The fraction of sp³-hybridized carbons (Fsp3) is 0.286. The molecule has 96 valence electrons. The van der Waals surface area contributed by atoms with Gasteiger partial charge in [-0.3, -0.25) is 0 Å². The van der Waals surface area contributed by atoms with Gasteiger partial charge in [-0.15, -0.1) is 11.3 Å². The van der Waals surface area contributed by atoms with Crippen molar-refractivity contribution in [1.29, 1.82) is 0 Å². The third-order valence-corrected chi connectivity index (χ3v) is 3.47. The van der Waals surface area contributed by atoms with Crippen LogP contribution in [0.2, 0.25) is 0 Å². The van der Waals surface area contributed by atoms with E-state index in [9.17, 15) is 5.11 Å². The van der Waals surface area contributed by atoms with E-state index in [1.165, 1.54) is 0 Å². The van der Waals surface area contributed by atoms with Gasteiger partial charge >= 0.3 is 0 Å². The largest absolute Gasteiger partial charge is 0.493 e. The van der Waals surface area contributed by atoms with Crippen LogP contribution in [0.1, 0.15) is 23.5 Å². The fourth-order valence-electron chi connectivity index (χ4n) is 1.61. The van der Waals surface area contributed by atoms with Gasteiger partial charge in [0.25, 0.3) is 0 Å². The molecule has 18 heavy (non-hydrogen) atoms. The zero-order chi connectivity index (χ0) is 13.0. The Labute approximate surface area is 111 Å². The van der Waals surface area contributed by atoms with Gasteiger partial charge in [-0.2, -0.15) is 0 Å². The minimum atomic E-state index is -0.509. The maximum absolute atomic E-state index is 9.52. The van der Waals surface area contributed by atoms with E-state index < -0.39 is 6.10 Å². The number of ether oxygens (including phenoxy) is 2. The third-order valence-electron chi connectivity index (χ3n) is 2.62. The highest BCUT2D eigenvalue weighted by Crippen LogP contribution is 2.31. The lowest BCUT2D eigenvalue weighted by atomic mass is 10.1. The molecule has 3 nitrogen and oxygen atoms in total. The van der Waals surface area contributed by atoms with Crippen LogP contribution in [0.15, 0.2) is 35.7 Å². The molecule has 0 amide bonds. The van der Waals surface area contributed by atoms with Crippen LogP contribution < -0.4 is 9.47 Å². The van der Waals surface area contributed by atoms with Crippen LogP contribution in [0.25, 0.3) is 0 Å². The SMILES string of the molecule is COc1cc([C@H](C)O)ccc1OCc1cccs1. The molecule has 1 aromatic carbocycles. The van der Waals surface area contributed by atoms with E-state index in [2.05, 4.69) is 0 Å².